The van der Waals surface area contributed by atoms with E-state index in [0.29, 0.717) is 12.3 Å². The number of amides is 1. The van der Waals surface area contributed by atoms with Gasteiger partial charge in [0.2, 0.25) is 5.91 Å². The molecule has 0 saturated carbocycles. The van der Waals surface area contributed by atoms with Gasteiger partial charge in [-0.3, -0.25) is 4.79 Å². The lowest BCUT2D eigenvalue weighted by Crippen LogP contribution is -2.20. The van der Waals surface area contributed by atoms with Gasteiger partial charge in [0, 0.05) is 25.1 Å². The molecule has 0 aliphatic carbocycles. The van der Waals surface area contributed by atoms with Crippen LogP contribution in [0.25, 0.3) is 0 Å². The lowest BCUT2D eigenvalue weighted by Gasteiger charge is -2.13. The third-order valence-corrected chi connectivity index (χ3v) is 2.63. The molecule has 0 radical (unpaired) electrons. The maximum atomic E-state index is 11.7. The minimum Gasteiger partial charge on any atom is -0.493 e. The summed E-state index contributed by atoms with van der Waals surface area (Å²) in [6.07, 6.45) is 0.240. The Labute approximate surface area is 116 Å². The first-order valence-corrected chi connectivity index (χ1v) is 5.97. The van der Waals surface area contributed by atoms with Gasteiger partial charge in [0.1, 0.15) is 0 Å². The molecule has 3 N–H and O–H groups in total. The van der Waals surface area contributed by atoms with Crippen LogP contribution in [-0.2, 0) is 4.79 Å². The van der Waals surface area contributed by atoms with Gasteiger partial charge < -0.3 is 25.2 Å². The molecule has 110 valence electrons. The maximum Gasteiger partial charge on any atom is 0.337 e. The molecule has 0 unspecified atom stereocenters. The smallest absolute Gasteiger partial charge is 0.337 e. The Morgan fingerprint density at radius 2 is 1.80 bits per heavy atom. The molecule has 0 fully saturated rings. The standard InChI is InChI=1S/C13H18N2O5/c1-14-5-4-12(16)15-9-7-11(20-3)10(19-2)6-8(9)13(17)18/h6-7,14H,4-5H2,1-3H3,(H,15,16)(H,17,18). The largest absolute Gasteiger partial charge is 0.493 e. The van der Waals surface area contributed by atoms with Crippen LogP contribution in [0.4, 0.5) is 5.69 Å². The third-order valence-electron chi connectivity index (χ3n) is 2.63. The van der Waals surface area contributed by atoms with Crippen LogP contribution in [0.5, 0.6) is 11.5 Å². The normalized spacial score (nSPS) is 9.95. The zero-order valence-electron chi connectivity index (χ0n) is 11.6. The van der Waals surface area contributed by atoms with Gasteiger partial charge in [-0.05, 0) is 7.05 Å². The zero-order chi connectivity index (χ0) is 15.1. The first-order chi connectivity index (χ1) is 9.53. The van der Waals surface area contributed by atoms with Gasteiger partial charge in [-0.1, -0.05) is 0 Å². The number of carbonyl (C=O) groups is 2. The molecule has 20 heavy (non-hydrogen) atoms. The number of methoxy groups -OCH3 is 2. The van der Waals surface area contributed by atoms with E-state index in [2.05, 4.69) is 10.6 Å². The molecule has 0 heterocycles. The van der Waals surface area contributed by atoms with Crippen LogP contribution in [0.1, 0.15) is 16.8 Å². The van der Waals surface area contributed by atoms with Crippen molar-refractivity contribution >= 4 is 17.6 Å². The average Bonchev–Trinajstić information content (AvgIpc) is 2.44. The van der Waals surface area contributed by atoms with Crippen molar-refractivity contribution in [2.24, 2.45) is 0 Å². The Kier molecular flexibility index (Phi) is 5.79. The van der Waals surface area contributed by atoms with Gasteiger partial charge in [-0.15, -0.1) is 0 Å². The van der Waals surface area contributed by atoms with Crippen molar-refractivity contribution in [3.63, 3.8) is 0 Å². The van der Waals surface area contributed by atoms with Gasteiger partial charge in [0.25, 0.3) is 0 Å². The highest BCUT2D eigenvalue weighted by atomic mass is 16.5. The van der Waals surface area contributed by atoms with E-state index in [4.69, 9.17) is 9.47 Å². The van der Waals surface area contributed by atoms with Crippen molar-refractivity contribution in [3.8, 4) is 11.5 Å². The Morgan fingerprint density at radius 3 is 2.30 bits per heavy atom. The van der Waals surface area contributed by atoms with E-state index in [-0.39, 0.29) is 29.3 Å². The van der Waals surface area contributed by atoms with E-state index in [1.54, 1.807) is 7.05 Å². The summed E-state index contributed by atoms with van der Waals surface area (Å²) >= 11 is 0. The van der Waals surface area contributed by atoms with Gasteiger partial charge in [0.05, 0.1) is 25.5 Å². The highest BCUT2D eigenvalue weighted by Gasteiger charge is 2.17. The van der Waals surface area contributed by atoms with Crippen molar-refractivity contribution in [1.29, 1.82) is 0 Å². The number of ether oxygens (including phenoxy) is 2. The first kappa shape index (κ1) is 15.8. The molecule has 7 heteroatoms. The Balaban J connectivity index is 3.09. The highest BCUT2D eigenvalue weighted by molar-refractivity contribution is 6.01. The zero-order valence-corrected chi connectivity index (χ0v) is 11.6. The molecule has 1 rings (SSSR count). The van der Waals surface area contributed by atoms with Crippen LogP contribution in [0.2, 0.25) is 0 Å². The molecule has 0 aliphatic heterocycles. The topological polar surface area (TPSA) is 96.9 Å². The summed E-state index contributed by atoms with van der Waals surface area (Å²) in [5, 5.41) is 14.6. The minimum absolute atomic E-state index is 0.0551. The molecule has 7 nitrogen and oxygen atoms in total. The van der Waals surface area contributed by atoms with Gasteiger partial charge in [-0.2, -0.15) is 0 Å². The van der Waals surface area contributed by atoms with Gasteiger partial charge >= 0.3 is 5.97 Å². The monoisotopic (exact) mass is 282 g/mol. The number of carboxylic acids is 1. The average molecular weight is 282 g/mol. The minimum atomic E-state index is -1.16. The van der Waals surface area contributed by atoms with Gasteiger partial charge in [-0.25, -0.2) is 4.79 Å². The Bertz CT molecular complexity index is 502. The predicted molar refractivity (Wildman–Crippen MR) is 73.7 cm³/mol. The lowest BCUT2D eigenvalue weighted by atomic mass is 10.1. The molecule has 0 aromatic heterocycles. The molecule has 1 aromatic rings. The van der Waals surface area contributed by atoms with E-state index in [9.17, 15) is 14.7 Å². The summed E-state index contributed by atoms with van der Waals surface area (Å²) in [5.74, 6) is -0.802. The number of nitrogens with one attached hydrogen (secondary N) is 2. The number of anilines is 1. The van der Waals surface area contributed by atoms with E-state index < -0.39 is 5.97 Å². The summed E-state index contributed by atoms with van der Waals surface area (Å²) in [6, 6.07) is 2.74. The molecule has 0 saturated heterocycles. The van der Waals surface area contributed by atoms with E-state index in [1.165, 1.54) is 26.4 Å². The predicted octanol–water partition coefficient (Wildman–Crippen LogP) is 0.950. The van der Waals surface area contributed by atoms with Crippen molar-refractivity contribution in [1.82, 2.24) is 5.32 Å². The highest BCUT2D eigenvalue weighted by Crippen LogP contribution is 2.33. The number of aromatic carboxylic acids is 1. The first-order valence-electron chi connectivity index (χ1n) is 5.97. The number of carboxylic acid groups (broad SMARTS) is 1. The van der Waals surface area contributed by atoms with Crippen molar-refractivity contribution < 1.29 is 24.2 Å². The Hall–Kier alpha value is -2.28. The summed E-state index contributed by atoms with van der Waals surface area (Å²) in [6.45, 7) is 0.502. The van der Waals surface area contributed by atoms with Crippen molar-refractivity contribution in [2.75, 3.05) is 33.1 Å². The SMILES string of the molecule is CNCCC(=O)Nc1cc(OC)c(OC)cc1C(=O)O. The van der Waals surface area contributed by atoms with Crippen LogP contribution in [0, 0.1) is 0 Å². The second kappa shape index (κ2) is 7.34. The lowest BCUT2D eigenvalue weighted by molar-refractivity contribution is -0.116. The fourth-order valence-corrected chi connectivity index (χ4v) is 1.61. The van der Waals surface area contributed by atoms with Crippen molar-refractivity contribution in [2.45, 2.75) is 6.42 Å². The molecular weight excluding hydrogens is 264 g/mol. The van der Waals surface area contributed by atoms with Crippen LogP contribution in [0.15, 0.2) is 12.1 Å². The summed E-state index contributed by atoms with van der Waals surface area (Å²) in [7, 11) is 4.58. The number of carbonyl (C=O) groups excluding carboxylic acids is 1. The number of hydrogen-bond donors (Lipinski definition) is 3. The fraction of sp³-hybridized carbons (Fsp3) is 0.385. The molecule has 1 aromatic carbocycles. The summed E-state index contributed by atoms with van der Waals surface area (Å²) < 4.78 is 10.1. The van der Waals surface area contributed by atoms with Gasteiger partial charge in [0.15, 0.2) is 11.5 Å². The molecule has 0 atom stereocenters. The molecule has 1 amide bonds. The van der Waals surface area contributed by atoms with Crippen LogP contribution in [-0.4, -0.2) is 44.8 Å². The number of hydrogen-bond acceptors (Lipinski definition) is 5. The Morgan fingerprint density at radius 1 is 1.20 bits per heavy atom. The van der Waals surface area contributed by atoms with Crippen molar-refractivity contribution in [3.05, 3.63) is 17.7 Å². The summed E-state index contributed by atoms with van der Waals surface area (Å²) in [4.78, 5) is 22.9. The second-order valence-corrected chi connectivity index (χ2v) is 3.96. The molecule has 0 spiro atoms. The molecule has 0 bridgehead atoms. The molecular formula is C13H18N2O5. The second-order valence-electron chi connectivity index (χ2n) is 3.96. The summed E-state index contributed by atoms with van der Waals surface area (Å²) in [5.41, 5.74) is 0.122. The van der Waals surface area contributed by atoms with E-state index in [1.807, 2.05) is 0 Å². The quantitative estimate of drug-likeness (QED) is 0.689. The van der Waals surface area contributed by atoms with Crippen LogP contribution < -0.4 is 20.1 Å². The number of rotatable bonds is 7. The molecule has 0 aliphatic rings. The number of benzene rings is 1. The van der Waals surface area contributed by atoms with Crippen LogP contribution in [0.3, 0.4) is 0 Å². The third kappa shape index (κ3) is 3.86. The van der Waals surface area contributed by atoms with E-state index in [0.717, 1.165) is 0 Å². The van der Waals surface area contributed by atoms with E-state index >= 15 is 0 Å². The fourth-order valence-electron chi connectivity index (χ4n) is 1.61. The maximum absolute atomic E-state index is 11.7. The van der Waals surface area contributed by atoms with Crippen LogP contribution >= 0.6 is 0 Å².